The number of aromatic nitrogens is 1. The third-order valence-electron chi connectivity index (χ3n) is 2.54. The van der Waals surface area contributed by atoms with Crippen LogP contribution in [0.25, 0.3) is 11.1 Å². The average Bonchev–Trinajstić information content (AvgIpc) is 2.35. The number of alkyl halides is 6. The minimum atomic E-state index is -4.87. The highest BCUT2D eigenvalue weighted by atomic mass is 127. The van der Waals surface area contributed by atoms with Gasteiger partial charge in [-0.2, -0.15) is 13.2 Å². The van der Waals surface area contributed by atoms with Crippen LogP contribution in [0.15, 0.2) is 36.5 Å². The van der Waals surface area contributed by atoms with Gasteiger partial charge in [-0.3, -0.25) is 4.98 Å². The lowest BCUT2D eigenvalue weighted by molar-refractivity contribution is -0.274. The highest BCUT2D eigenvalue weighted by Crippen LogP contribution is 2.37. The summed E-state index contributed by atoms with van der Waals surface area (Å²) in [5, 5.41) is 0. The summed E-state index contributed by atoms with van der Waals surface area (Å²) >= 11 is 1.46. The van der Waals surface area contributed by atoms with Gasteiger partial charge in [0.15, 0.2) is 5.69 Å². The Morgan fingerprint density at radius 2 is 1.68 bits per heavy atom. The third-order valence-corrected chi connectivity index (χ3v) is 3.63. The van der Waals surface area contributed by atoms with Crippen molar-refractivity contribution in [1.29, 1.82) is 0 Å². The normalized spacial score (nSPS) is 12.3. The minimum absolute atomic E-state index is 0.121. The van der Waals surface area contributed by atoms with Crippen LogP contribution in [0.1, 0.15) is 5.69 Å². The summed E-state index contributed by atoms with van der Waals surface area (Å²) in [6.07, 6.45) is -8.56. The highest BCUT2D eigenvalue weighted by Gasteiger charge is 2.36. The molecule has 0 aliphatic carbocycles. The molecular formula is C13H6F6INO. The molecule has 0 aliphatic rings. The maximum atomic E-state index is 12.8. The van der Waals surface area contributed by atoms with E-state index in [-0.39, 0.29) is 14.7 Å². The van der Waals surface area contributed by atoms with E-state index in [0.717, 1.165) is 18.3 Å². The van der Waals surface area contributed by atoms with Gasteiger partial charge in [-0.05, 0) is 51.9 Å². The standard InChI is InChI=1S/C13H6F6INO/c14-12(15,16)11-10(20)9(4-5-21-11)7-2-1-3-8(6-7)22-13(17,18)19/h1-6H. The molecule has 2 nitrogen and oxygen atoms in total. The first-order valence-electron chi connectivity index (χ1n) is 5.66. The van der Waals surface area contributed by atoms with E-state index in [1.54, 1.807) is 0 Å². The van der Waals surface area contributed by atoms with Gasteiger partial charge in [-0.25, -0.2) is 0 Å². The fourth-order valence-corrected chi connectivity index (χ4v) is 2.66. The van der Waals surface area contributed by atoms with Crippen LogP contribution in [0.2, 0.25) is 0 Å². The second kappa shape index (κ2) is 5.94. The fraction of sp³-hybridized carbons (Fsp3) is 0.154. The van der Waals surface area contributed by atoms with Crippen molar-refractivity contribution in [2.24, 2.45) is 0 Å². The first-order chi connectivity index (χ1) is 10.1. The molecule has 0 amide bonds. The molecule has 0 unspecified atom stereocenters. The summed E-state index contributed by atoms with van der Waals surface area (Å²) in [4.78, 5) is 3.27. The maximum Gasteiger partial charge on any atom is 0.573 e. The molecule has 22 heavy (non-hydrogen) atoms. The predicted octanol–water partition coefficient (Wildman–Crippen LogP) is 5.27. The Hall–Kier alpha value is -1.52. The molecule has 0 bridgehead atoms. The van der Waals surface area contributed by atoms with Gasteiger partial charge in [-0.15, -0.1) is 13.2 Å². The van der Waals surface area contributed by atoms with Gasteiger partial charge in [0.1, 0.15) is 5.75 Å². The van der Waals surface area contributed by atoms with Crippen LogP contribution in [0.4, 0.5) is 26.3 Å². The van der Waals surface area contributed by atoms with E-state index in [9.17, 15) is 26.3 Å². The molecule has 1 aromatic carbocycles. The minimum Gasteiger partial charge on any atom is -0.406 e. The van der Waals surface area contributed by atoms with Crippen molar-refractivity contribution in [3.8, 4) is 16.9 Å². The van der Waals surface area contributed by atoms with Gasteiger partial charge >= 0.3 is 12.5 Å². The summed E-state index contributed by atoms with van der Waals surface area (Å²) in [5.41, 5.74) is -0.803. The number of halogens is 7. The van der Waals surface area contributed by atoms with Gasteiger partial charge in [-0.1, -0.05) is 12.1 Å². The molecule has 0 fully saturated rings. The Kier molecular flexibility index (Phi) is 4.54. The van der Waals surface area contributed by atoms with Crippen molar-refractivity contribution in [3.05, 3.63) is 45.8 Å². The Balaban J connectivity index is 2.47. The number of pyridine rings is 1. The second-order valence-corrected chi connectivity index (χ2v) is 5.17. The van der Waals surface area contributed by atoms with Crippen LogP contribution in [-0.2, 0) is 6.18 Å². The first kappa shape index (κ1) is 16.8. The topological polar surface area (TPSA) is 22.1 Å². The number of rotatable bonds is 2. The van der Waals surface area contributed by atoms with E-state index >= 15 is 0 Å². The zero-order valence-corrected chi connectivity index (χ0v) is 12.6. The summed E-state index contributed by atoms with van der Waals surface area (Å²) < 4.78 is 78.6. The maximum absolute atomic E-state index is 12.8. The van der Waals surface area contributed by atoms with Gasteiger partial charge < -0.3 is 4.74 Å². The van der Waals surface area contributed by atoms with E-state index < -0.39 is 24.0 Å². The van der Waals surface area contributed by atoms with Crippen molar-refractivity contribution < 1.29 is 31.1 Å². The number of benzene rings is 1. The number of hydrogen-bond acceptors (Lipinski definition) is 2. The second-order valence-electron chi connectivity index (χ2n) is 4.09. The molecule has 0 saturated carbocycles. The fourth-order valence-electron chi connectivity index (χ4n) is 1.73. The lowest BCUT2D eigenvalue weighted by Crippen LogP contribution is -2.17. The van der Waals surface area contributed by atoms with E-state index in [1.165, 1.54) is 40.8 Å². The van der Waals surface area contributed by atoms with E-state index in [4.69, 9.17) is 0 Å². The first-order valence-corrected chi connectivity index (χ1v) is 6.74. The van der Waals surface area contributed by atoms with E-state index in [1.807, 2.05) is 0 Å². The summed E-state index contributed by atoms with van der Waals surface area (Å²) in [7, 11) is 0. The highest BCUT2D eigenvalue weighted by molar-refractivity contribution is 14.1. The van der Waals surface area contributed by atoms with Crippen molar-refractivity contribution in [1.82, 2.24) is 4.98 Å². The zero-order valence-electron chi connectivity index (χ0n) is 10.5. The molecule has 0 saturated heterocycles. The summed E-state index contributed by atoms with van der Waals surface area (Å²) in [5.74, 6) is -0.508. The summed E-state index contributed by atoms with van der Waals surface area (Å²) in [6.45, 7) is 0. The van der Waals surface area contributed by atoms with Crippen molar-refractivity contribution in [2.45, 2.75) is 12.5 Å². The van der Waals surface area contributed by atoms with E-state index in [0.29, 0.717) is 0 Å². The van der Waals surface area contributed by atoms with Crippen LogP contribution >= 0.6 is 22.6 Å². The smallest absolute Gasteiger partial charge is 0.406 e. The van der Waals surface area contributed by atoms with Crippen LogP contribution in [-0.4, -0.2) is 11.3 Å². The Labute approximate surface area is 134 Å². The molecule has 2 aromatic rings. The lowest BCUT2D eigenvalue weighted by Gasteiger charge is -2.13. The third kappa shape index (κ3) is 4.02. The van der Waals surface area contributed by atoms with Crippen LogP contribution in [0.3, 0.4) is 0 Å². The molecule has 118 valence electrons. The molecule has 1 heterocycles. The quantitative estimate of drug-likeness (QED) is 0.476. The lowest BCUT2D eigenvalue weighted by atomic mass is 10.1. The molecule has 9 heteroatoms. The molecular weight excluding hydrogens is 427 g/mol. The Bertz CT molecular complexity index is 683. The van der Waals surface area contributed by atoms with Crippen molar-refractivity contribution in [2.75, 3.05) is 0 Å². The summed E-state index contributed by atoms with van der Waals surface area (Å²) in [6, 6.07) is 6.03. The zero-order chi connectivity index (χ0) is 16.5. The van der Waals surface area contributed by atoms with Crippen LogP contribution in [0, 0.1) is 3.57 Å². The Morgan fingerprint density at radius 1 is 1.00 bits per heavy atom. The van der Waals surface area contributed by atoms with Gasteiger partial charge in [0.25, 0.3) is 0 Å². The average molecular weight is 433 g/mol. The number of ether oxygens (including phenoxy) is 1. The molecule has 1 aromatic heterocycles. The largest absolute Gasteiger partial charge is 0.573 e. The van der Waals surface area contributed by atoms with Gasteiger partial charge in [0.2, 0.25) is 0 Å². The van der Waals surface area contributed by atoms with Gasteiger partial charge in [0.05, 0.1) is 3.57 Å². The molecule has 0 N–H and O–H groups in total. The SMILES string of the molecule is FC(F)(F)Oc1cccc(-c2ccnc(C(F)(F)F)c2I)c1. The van der Waals surface area contributed by atoms with Crippen LogP contribution in [0.5, 0.6) is 5.75 Å². The number of hydrogen-bond donors (Lipinski definition) is 0. The monoisotopic (exact) mass is 433 g/mol. The Morgan fingerprint density at radius 3 is 2.27 bits per heavy atom. The van der Waals surface area contributed by atoms with Gasteiger partial charge in [0, 0.05) is 6.20 Å². The van der Waals surface area contributed by atoms with Crippen LogP contribution < -0.4 is 4.74 Å². The molecule has 0 radical (unpaired) electrons. The molecule has 0 aliphatic heterocycles. The predicted molar refractivity (Wildman–Crippen MR) is 74.1 cm³/mol. The van der Waals surface area contributed by atoms with Crippen molar-refractivity contribution >= 4 is 22.6 Å². The van der Waals surface area contributed by atoms with E-state index in [2.05, 4.69) is 9.72 Å². The number of nitrogens with zero attached hydrogens (tertiary/aromatic N) is 1. The molecule has 0 atom stereocenters. The van der Waals surface area contributed by atoms with Crippen molar-refractivity contribution in [3.63, 3.8) is 0 Å². The molecule has 2 rings (SSSR count). The molecule has 0 spiro atoms.